The molecule has 0 N–H and O–H groups in total. The summed E-state index contributed by atoms with van der Waals surface area (Å²) in [5.74, 6) is 1.93. The molecule has 0 fully saturated rings. The number of nitrogens with zero attached hydrogens (tertiary/aromatic N) is 7. The minimum Gasteiger partial charge on any atom is -0.495 e. The number of aromatic nitrogens is 6. The van der Waals surface area contributed by atoms with E-state index in [0.717, 1.165) is 0 Å². The third-order valence-electron chi connectivity index (χ3n) is 3.89. The predicted molar refractivity (Wildman–Crippen MR) is 102 cm³/mol. The minimum absolute atomic E-state index is 0.0539. The number of nitro groups is 1. The number of hydrogen-bond acceptors (Lipinski definition) is 9. The quantitative estimate of drug-likeness (QED) is 0.304. The number of imidazole rings is 1. The molecule has 0 saturated carbocycles. The number of halogens is 1. The average molecular weight is 426 g/mol. The summed E-state index contributed by atoms with van der Waals surface area (Å²) in [7, 11) is 3.02. The lowest BCUT2D eigenvalue weighted by atomic mass is 10.2. The number of hydrogen-bond donors (Lipinski definition) is 0. The van der Waals surface area contributed by atoms with Gasteiger partial charge in [0.2, 0.25) is 5.16 Å². The standard InChI is InChI=1S/C15H16ClN7O4S/c1-9-17-8-14(23(24)25)21(9)4-5-28-15-18-19-20-22(15)11-7-12(26-2)10(16)6-13(11)27-3/h6-8H,4-5H2,1-3H3. The van der Waals surface area contributed by atoms with E-state index in [2.05, 4.69) is 20.5 Å². The fourth-order valence-corrected chi connectivity index (χ4v) is 3.58. The Bertz CT molecular complexity index is 1010. The Kier molecular flexibility index (Phi) is 5.99. The Morgan fingerprint density at radius 3 is 2.71 bits per heavy atom. The lowest BCUT2D eigenvalue weighted by Crippen LogP contribution is -2.08. The van der Waals surface area contributed by atoms with Crippen molar-refractivity contribution >= 4 is 29.2 Å². The molecule has 0 aliphatic carbocycles. The molecule has 0 saturated heterocycles. The van der Waals surface area contributed by atoms with Crippen LogP contribution in [0.15, 0.2) is 23.5 Å². The Balaban J connectivity index is 1.82. The summed E-state index contributed by atoms with van der Waals surface area (Å²) >= 11 is 7.48. The monoisotopic (exact) mass is 425 g/mol. The third kappa shape index (κ3) is 3.87. The topological polar surface area (TPSA) is 123 Å². The highest BCUT2D eigenvalue weighted by atomic mass is 35.5. The van der Waals surface area contributed by atoms with E-state index in [1.54, 1.807) is 19.1 Å². The maximum Gasteiger partial charge on any atom is 0.342 e. The van der Waals surface area contributed by atoms with Gasteiger partial charge in [-0.25, -0.2) is 9.55 Å². The molecular weight excluding hydrogens is 410 g/mol. The van der Waals surface area contributed by atoms with Crippen molar-refractivity contribution in [3.05, 3.63) is 39.3 Å². The number of benzene rings is 1. The van der Waals surface area contributed by atoms with Gasteiger partial charge in [0.15, 0.2) is 5.82 Å². The average Bonchev–Trinajstić information content (AvgIpc) is 3.28. The van der Waals surface area contributed by atoms with Crippen molar-refractivity contribution in [3.8, 4) is 17.2 Å². The zero-order valence-corrected chi connectivity index (χ0v) is 16.8. The molecule has 3 aromatic rings. The van der Waals surface area contributed by atoms with E-state index in [9.17, 15) is 10.1 Å². The van der Waals surface area contributed by atoms with Gasteiger partial charge in [0, 0.05) is 24.8 Å². The van der Waals surface area contributed by atoms with Crippen molar-refractivity contribution in [1.82, 2.24) is 29.8 Å². The van der Waals surface area contributed by atoms with Gasteiger partial charge in [0.05, 0.1) is 19.2 Å². The summed E-state index contributed by atoms with van der Waals surface area (Å²) in [4.78, 5) is 14.6. The molecule has 13 heteroatoms. The molecule has 2 heterocycles. The molecule has 3 rings (SSSR count). The second-order valence-corrected chi connectivity index (χ2v) is 6.92. The molecule has 11 nitrogen and oxygen atoms in total. The summed E-state index contributed by atoms with van der Waals surface area (Å²) < 4.78 is 13.7. The number of ether oxygens (including phenoxy) is 2. The molecule has 28 heavy (non-hydrogen) atoms. The number of thioether (sulfide) groups is 1. The van der Waals surface area contributed by atoms with Gasteiger partial charge < -0.3 is 19.6 Å². The summed E-state index contributed by atoms with van der Waals surface area (Å²) in [5.41, 5.74) is 0.557. The Hall–Kier alpha value is -2.86. The lowest BCUT2D eigenvalue weighted by molar-refractivity contribution is -0.392. The molecule has 2 aromatic heterocycles. The van der Waals surface area contributed by atoms with Crippen molar-refractivity contribution < 1.29 is 14.4 Å². The largest absolute Gasteiger partial charge is 0.495 e. The van der Waals surface area contributed by atoms with Crippen LogP contribution in [0, 0.1) is 17.0 Å². The molecule has 0 unspecified atom stereocenters. The fourth-order valence-electron chi connectivity index (χ4n) is 2.54. The first-order chi connectivity index (χ1) is 13.5. The molecular formula is C15H16ClN7O4S. The first-order valence-corrected chi connectivity index (χ1v) is 9.32. The van der Waals surface area contributed by atoms with Crippen LogP contribution in [-0.2, 0) is 6.54 Å². The second kappa shape index (κ2) is 8.44. The van der Waals surface area contributed by atoms with E-state index in [1.165, 1.54) is 41.4 Å². The number of tetrazole rings is 1. The van der Waals surface area contributed by atoms with Crippen LogP contribution in [0.2, 0.25) is 5.02 Å². The van der Waals surface area contributed by atoms with Crippen LogP contribution in [0.25, 0.3) is 5.69 Å². The molecule has 0 aliphatic rings. The van der Waals surface area contributed by atoms with E-state index < -0.39 is 4.92 Å². The Morgan fingerprint density at radius 1 is 1.29 bits per heavy atom. The van der Waals surface area contributed by atoms with Crippen LogP contribution in [-0.4, -0.2) is 54.7 Å². The normalized spacial score (nSPS) is 10.9. The number of rotatable bonds is 8. The van der Waals surface area contributed by atoms with Crippen molar-refractivity contribution in [2.45, 2.75) is 18.6 Å². The molecule has 1 aromatic carbocycles. The van der Waals surface area contributed by atoms with Gasteiger partial charge in [0.25, 0.3) is 0 Å². The zero-order chi connectivity index (χ0) is 20.3. The van der Waals surface area contributed by atoms with Crippen molar-refractivity contribution in [3.63, 3.8) is 0 Å². The van der Waals surface area contributed by atoms with Gasteiger partial charge in [-0.1, -0.05) is 23.4 Å². The highest BCUT2D eigenvalue weighted by Gasteiger charge is 2.19. The molecule has 0 atom stereocenters. The summed E-state index contributed by atoms with van der Waals surface area (Å²) in [6.45, 7) is 2.09. The van der Waals surface area contributed by atoms with E-state index in [1.807, 2.05) is 0 Å². The van der Waals surface area contributed by atoms with Crippen LogP contribution in [0.4, 0.5) is 5.82 Å². The van der Waals surface area contributed by atoms with Gasteiger partial charge in [-0.15, -0.1) is 5.10 Å². The van der Waals surface area contributed by atoms with Crippen LogP contribution >= 0.6 is 23.4 Å². The smallest absolute Gasteiger partial charge is 0.342 e. The first kappa shape index (κ1) is 19.9. The zero-order valence-electron chi connectivity index (χ0n) is 15.2. The van der Waals surface area contributed by atoms with E-state index >= 15 is 0 Å². The van der Waals surface area contributed by atoms with Gasteiger partial charge in [-0.3, -0.25) is 0 Å². The second-order valence-electron chi connectivity index (χ2n) is 5.45. The van der Waals surface area contributed by atoms with Crippen molar-refractivity contribution in [2.75, 3.05) is 20.0 Å². The highest BCUT2D eigenvalue weighted by molar-refractivity contribution is 7.99. The minimum atomic E-state index is -0.459. The maximum absolute atomic E-state index is 11.1. The molecule has 148 valence electrons. The van der Waals surface area contributed by atoms with Crippen LogP contribution < -0.4 is 9.47 Å². The van der Waals surface area contributed by atoms with Crippen molar-refractivity contribution in [1.29, 1.82) is 0 Å². The van der Waals surface area contributed by atoms with Crippen LogP contribution in [0.1, 0.15) is 5.82 Å². The first-order valence-electron chi connectivity index (χ1n) is 7.95. The van der Waals surface area contributed by atoms with E-state index in [0.29, 0.717) is 45.5 Å². The summed E-state index contributed by atoms with van der Waals surface area (Å²) in [6.07, 6.45) is 1.24. The summed E-state index contributed by atoms with van der Waals surface area (Å²) in [5, 5.41) is 23.7. The molecule has 0 radical (unpaired) electrons. The maximum atomic E-state index is 11.1. The molecule has 0 spiro atoms. The Labute approximate surface area is 168 Å². The number of methoxy groups -OCH3 is 2. The fraction of sp³-hybridized carbons (Fsp3) is 0.333. The van der Waals surface area contributed by atoms with Gasteiger partial charge in [0.1, 0.15) is 29.9 Å². The van der Waals surface area contributed by atoms with Crippen LogP contribution in [0.5, 0.6) is 11.5 Å². The highest BCUT2D eigenvalue weighted by Crippen LogP contribution is 2.35. The van der Waals surface area contributed by atoms with E-state index in [-0.39, 0.29) is 5.82 Å². The molecule has 0 bridgehead atoms. The number of aryl methyl sites for hydroxylation is 1. The SMILES string of the molecule is COc1cc(-n2nnnc2SCCn2c([N+](=O)[O-])cnc2C)c(OC)cc1Cl. The summed E-state index contributed by atoms with van der Waals surface area (Å²) in [6, 6.07) is 3.29. The lowest BCUT2D eigenvalue weighted by Gasteiger charge is -2.12. The third-order valence-corrected chi connectivity index (χ3v) is 5.08. The van der Waals surface area contributed by atoms with Gasteiger partial charge in [-0.05, 0) is 15.4 Å². The van der Waals surface area contributed by atoms with Crippen LogP contribution in [0.3, 0.4) is 0 Å². The van der Waals surface area contributed by atoms with Gasteiger partial charge in [-0.2, -0.15) is 4.68 Å². The molecule has 0 amide bonds. The van der Waals surface area contributed by atoms with Crippen molar-refractivity contribution in [2.24, 2.45) is 0 Å². The van der Waals surface area contributed by atoms with Gasteiger partial charge >= 0.3 is 5.82 Å². The van der Waals surface area contributed by atoms with E-state index in [4.69, 9.17) is 21.1 Å². The molecule has 0 aliphatic heterocycles. The predicted octanol–water partition coefficient (Wildman–Crippen LogP) is 2.54. The Morgan fingerprint density at radius 2 is 2.04 bits per heavy atom.